The third-order valence-electron chi connectivity index (χ3n) is 2.81. The smallest absolute Gasteiger partial charge is 0.0467 e. The molecular weight excluding hydrogens is 313 g/mol. The van der Waals surface area contributed by atoms with Crippen molar-refractivity contribution in [2.75, 3.05) is 13.2 Å². The standard InChI is InChI=1S/C15H31O2.CH3.Y/c1-5-7-9-11-13-16-15(3,4)17-14-12-10-8-6-2;;/h3,5-14H2,1-2,4H3;1H3;/q2*-1;. The summed E-state index contributed by atoms with van der Waals surface area (Å²) >= 11 is 0. The minimum Gasteiger partial charge on any atom is -0.381 e. The van der Waals surface area contributed by atoms with Crippen LogP contribution in [0.15, 0.2) is 0 Å². The number of hydrogen-bond acceptors (Lipinski definition) is 2. The van der Waals surface area contributed by atoms with Crippen LogP contribution in [0.3, 0.4) is 0 Å². The van der Waals surface area contributed by atoms with E-state index in [1.807, 2.05) is 6.92 Å². The van der Waals surface area contributed by atoms with Crippen LogP contribution in [-0.2, 0) is 42.2 Å². The van der Waals surface area contributed by atoms with Crippen molar-refractivity contribution < 1.29 is 42.2 Å². The summed E-state index contributed by atoms with van der Waals surface area (Å²) in [5, 5.41) is 0. The van der Waals surface area contributed by atoms with Gasteiger partial charge in [0.05, 0.1) is 0 Å². The molecular formula is C16H34O2Y-2. The van der Waals surface area contributed by atoms with Gasteiger partial charge in [0.2, 0.25) is 0 Å². The molecule has 0 spiro atoms. The quantitative estimate of drug-likeness (QED) is 0.275. The van der Waals surface area contributed by atoms with E-state index in [0.29, 0.717) is 0 Å². The molecule has 0 aliphatic heterocycles. The molecule has 2 nitrogen and oxygen atoms in total. The Morgan fingerprint density at radius 3 is 1.47 bits per heavy atom. The van der Waals surface area contributed by atoms with E-state index >= 15 is 0 Å². The first kappa shape index (κ1) is 25.0. The van der Waals surface area contributed by atoms with Gasteiger partial charge >= 0.3 is 0 Å². The van der Waals surface area contributed by atoms with Crippen LogP contribution in [0.5, 0.6) is 0 Å². The molecule has 0 atom stereocenters. The predicted octanol–water partition coefficient (Wildman–Crippen LogP) is 5.18. The van der Waals surface area contributed by atoms with Gasteiger partial charge in [-0.1, -0.05) is 52.4 Å². The van der Waals surface area contributed by atoms with Crippen molar-refractivity contribution in [2.45, 2.75) is 77.9 Å². The van der Waals surface area contributed by atoms with Gasteiger partial charge in [-0.3, -0.25) is 6.92 Å². The van der Waals surface area contributed by atoms with Crippen LogP contribution in [0.4, 0.5) is 0 Å². The summed E-state index contributed by atoms with van der Waals surface area (Å²) in [6, 6.07) is 0. The van der Waals surface area contributed by atoms with E-state index in [2.05, 4.69) is 20.8 Å². The fraction of sp³-hybridized carbons (Fsp3) is 0.875. The van der Waals surface area contributed by atoms with E-state index in [1.165, 1.54) is 38.5 Å². The molecule has 0 fully saturated rings. The maximum Gasteiger partial charge on any atom is 0.0467 e. The molecule has 115 valence electrons. The van der Waals surface area contributed by atoms with Gasteiger partial charge in [0.25, 0.3) is 0 Å². The van der Waals surface area contributed by atoms with Gasteiger partial charge in [-0.05, 0) is 19.8 Å². The maximum absolute atomic E-state index is 5.65. The van der Waals surface area contributed by atoms with Crippen LogP contribution in [0.2, 0.25) is 0 Å². The van der Waals surface area contributed by atoms with Crippen LogP contribution in [0.1, 0.15) is 72.1 Å². The van der Waals surface area contributed by atoms with Crippen molar-refractivity contribution in [1.29, 1.82) is 0 Å². The Morgan fingerprint density at radius 1 is 0.789 bits per heavy atom. The largest absolute Gasteiger partial charge is 0.381 e. The maximum atomic E-state index is 5.65. The molecule has 0 unspecified atom stereocenters. The molecule has 0 aliphatic rings. The molecule has 0 heterocycles. The van der Waals surface area contributed by atoms with Gasteiger partial charge in [0.1, 0.15) is 0 Å². The Bertz CT molecular complexity index is 145. The van der Waals surface area contributed by atoms with Crippen molar-refractivity contribution in [3.05, 3.63) is 14.4 Å². The number of ether oxygens (including phenoxy) is 2. The van der Waals surface area contributed by atoms with E-state index in [4.69, 9.17) is 9.47 Å². The monoisotopic (exact) mass is 347 g/mol. The second-order valence-electron chi connectivity index (χ2n) is 4.95. The van der Waals surface area contributed by atoms with Crippen molar-refractivity contribution in [1.82, 2.24) is 0 Å². The van der Waals surface area contributed by atoms with Crippen LogP contribution >= 0.6 is 0 Å². The second kappa shape index (κ2) is 17.1. The zero-order chi connectivity index (χ0) is 13.0. The summed E-state index contributed by atoms with van der Waals surface area (Å²) < 4.78 is 11.3. The van der Waals surface area contributed by atoms with Crippen LogP contribution in [0, 0.1) is 14.4 Å². The van der Waals surface area contributed by atoms with Gasteiger partial charge in [-0.15, -0.1) is 0 Å². The zero-order valence-electron chi connectivity index (χ0n) is 13.7. The third-order valence-corrected chi connectivity index (χ3v) is 2.81. The van der Waals surface area contributed by atoms with Crippen molar-refractivity contribution in [2.24, 2.45) is 0 Å². The van der Waals surface area contributed by atoms with E-state index in [-0.39, 0.29) is 40.1 Å². The molecule has 0 bridgehead atoms. The second-order valence-corrected chi connectivity index (χ2v) is 4.95. The molecule has 0 aromatic heterocycles. The van der Waals surface area contributed by atoms with E-state index < -0.39 is 5.79 Å². The van der Waals surface area contributed by atoms with E-state index in [1.54, 1.807) is 0 Å². The average molecular weight is 347 g/mol. The van der Waals surface area contributed by atoms with E-state index in [9.17, 15) is 0 Å². The van der Waals surface area contributed by atoms with Gasteiger partial charge < -0.3 is 16.9 Å². The molecule has 0 aliphatic carbocycles. The normalized spacial score (nSPS) is 10.7. The van der Waals surface area contributed by atoms with Crippen LogP contribution < -0.4 is 0 Å². The summed E-state index contributed by atoms with van der Waals surface area (Å²) in [6.45, 7) is 11.8. The molecule has 0 saturated heterocycles. The fourth-order valence-electron chi connectivity index (χ4n) is 1.68. The summed E-state index contributed by atoms with van der Waals surface area (Å²) in [5.74, 6) is -0.654. The molecule has 0 aromatic rings. The summed E-state index contributed by atoms with van der Waals surface area (Å²) in [5.41, 5.74) is 0. The van der Waals surface area contributed by atoms with Crippen molar-refractivity contribution in [3.63, 3.8) is 0 Å². The van der Waals surface area contributed by atoms with Crippen molar-refractivity contribution >= 4 is 0 Å². The van der Waals surface area contributed by atoms with Gasteiger partial charge in [-0.2, -0.15) is 0 Å². The van der Waals surface area contributed by atoms with Gasteiger partial charge in [0.15, 0.2) is 0 Å². The molecule has 0 aromatic carbocycles. The first-order valence-electron chi connectivity index (χ1n) is 7.25. The Hall–Kier alpha value is 1.02. The Labute approximate surface area is 147 Å². The first-order chi connectivity index (χ1) is 8.12. The number of rotatable bonds is 12. The molecule has 0 rings (SSSR count). The zero-order valence-corrected chi connectivity index (χ0v) is 16.5. The topological polar surface area (TPSA) is 18.5 Å². The Kier molecular flexibility index (Phi) is 22.5. The average Bonchev–Trinajstić information content (AvgIpc) is 2.28. The summed E-state index contributed by atoms with van der Waals surface area (Å²) in [4.78, 5) is 0. The Balaban J connectivity index is -0.00000128. The molecule has 19 heavy (non-hydrogen) atoms. The molecule has 0 N–H and O–H groups in total. The van der Waals surface area contributed by atoms with Gasteiger partial charge in [0, 0.05) is 51.7 Å². The number of hydrogen-bond donors (Lipinski definition) is 0. The third kappa shape index (κ3) is 19.0. The summed E-state index contributed by atoms with van der Waals surface area (Å²) in [7, 11) is 0. The van der Waals surface area contributed by atoms with E-state index in [0.717, 1.165) is 26.1 Å². The Morgan fingerprint density at radius 2 is 1.16 bits per heavy atom. The van der Waals surface area contributed by atoms with Gasteiger partial charge in [-0.25, -0.2) is 0 Å². The minimum absolute atomic E-state index is 0. The molecule has 0 saturated carbocycles. The molecule has 1 radical (unpaired) electrons. The SMILES string of the molecule is [CH2-]C(C)(OCCCCCC)OCCCCCC.[CH3-].[Y]. The first-order valence-corrected chi connectivity index (χ1v) is 7.25. The molecule has 0 amide bonds. The number of unbranched alkanes of at least 4 members (excludes halogenated alkanes) is 6. The fourth-order valence-corrected chi connectivity index (χ4v) is 1.68. The van der Waals surface area contributed by atoms with Crippen LogP contribution in [-0.4, -0.2) is 19.0 Å². The predicted molar refractivity (Wildman–Crippen MR) is 80.4 cm³/mol. The van der Waals surface area contributed by atoms with Crippen molar-refractivity contribution in [3.8, 4) is 0 Å². The molecule has 3 heteroatoms. The summed E-state index contributed by atoms with van der Waals surface area (Å²) in [6.07, 6.45) is 9.79. The van der Waals surface area contributed by atoms with Crippen LogP contribution in [0.25, 0.3) is 0 Å². The minimum atomic E-state index is -0.654.